The second-order valence-electron chi connectivity index (χ2n) is 8.12. The Balaban J connectivity index is 1.49. The van der Waals surface area contributed by atoms with Gasteiger partial charge in [0.25, 0.3) is 0 Å². The van der Waals surface area contributed by atoms with Crippen LogP contribution in [0.25, 0.3) is 20.8 Å². The highest BCUT2D eigenvalue weighted by atomic mass is 32.1. The van der Waals surface area contributed by atoms with E-state index in [9.17, 15) is 5.11 Å². The van der Waals surface area contributed by atoms with Crippen molar-refractivity contribution in [2.75, 3.05) is 17.2 Å². The van der Waals surface area contributed by atoms with Crippen LogP contribution in [-0.2, 0) is 0 Å². The fourth-order valence-corrected chi connectivity index (χ4v) is 5.15. The number of rotatable bonds is 6. The summed E-state index contributed by atoms with van der Waals surface area (Å²) in [6.07, 6.45) is 6.77. The molecule has 31 heavy (non-hydrogen) atoms. The van der Waals surface area contributed by atoms with Crippen LogP contribution in [0.4, 0.5) is 17.2 Å². The quantitative estimate of drug-likeness (QED) is 0.380. The van der Waals surface area contributed by atoms with Crippen LogP contribution in [0.5, 0.6) is 0 Å². The highest BCUT2D eigenvalue weighted by Crippen LogP contribution is 2.37. The summed E-state index contributed by atoms with van der Waals surface area (Å²) in [5.41, 5.74) is 4.94. The van der Waals surface area contributed by atoms with Gasteiger partial charge < -0.3 is 15.7 Å². The van der Waals surface area contributed by atoms with Crippen molar-refractivity contribution < 1.29 is 5.11 Å². The minimum absolute atomic E-state index is 0.257. The van der Waals surface area contributed by atoms with Crippen LogP contribution in [0.1, 0.15) is 25.0 Å². The summed E-state index contributed by atoms with van der Waals surface area (Å²) in [6.45, 7) is 2.23. The molecule has 0 radical (unpaired) electrons. The summed E-state index contributed by atoms with van der Waals surface area (Å²) in [5, 5.41) is 17.6. The Morgan fingerprint density at radius 3 is 2.84 bits per heavy atom. The number of anilines is 3. The summed E-state index contributed by atoms with van der Waals surface area (Å²) in [4.78, 5) is 13.8. The number of aliphatic hydroxyl groups excluding tert-OH is 1. The molecule has 6 nitrogen and oxygen atoms in total. The number of aryl methyl sites for hydroxylation is 1. The molecule has 3 aromatic heterocycles. The fraction of sp³-hybridized carbons (Fsp3) is 0.292. The third-order valence-corrected chi connectivity index (χ3v) is 6.83. The molecule has 3 heterocycles. The van der Waals surface area contributed by atoms with Gasteiger partial charge in [0.2, 0.25) is 0 Å². The molecule has 1 saturated carbocycles. The Hall–Kier alpha value is -3.03. The maximum atomic E-state index is 9.53. The van der Waals surface area contributed by atoms with E-state index in [0.29, 0.717) is 12.0 Å². The van der Waals surface area contributed by atoms with Crippen molar-refractivity contribution in [2.45, 2.75) is 32.2 Å². The summed E-state index contributed by atoms with van der Waals surface area (Å²) in [5.74, 6) is 1.15. The Labute approximate surface area is 185 Å². The number of hydrogen-bond donors (Lipinski definition) is 3. The number of fused-ring (bicyclic) bond motifs is 1. The number of hydrogen-bond acceptors (Lipinski definition) is 7. The lowest BCUT2D eigenvalue weighted by Gasteiger charge is -2.18. The molecule has 5 rings (SSSR count). The lowest BCUT2D eigenvalue weighted by molar-refractivity contribution is 0.229. The molecule has 2 atom stereocenters. The molecule has 0 amide bonds. The van der Waals surface area contributed by atoms with Crippen LogP contribution in [0, 0.1) is 12.8 Å². The summed E-state index contributed by atoms with van der Waals surface area (Å²) in [7, 11) is 0. The van der Waals surface area contributed by atoms with Gasteiger partial charge in [0.1, 0.15) is 10.8 Å². The zero-order chi connectivity index (χ0) is 21.2. The monoisotopic (exact) mass is 431 g/mol. The van der Waals surface area contributed by atoms with E-state index in [-0.39, 0.29) is 6.61 Å². The molecular weight excluding hydrogens is 406 g/mol. The van der Waals surface area contributed by atoms with Crippen molar-refractivity contribution in [1.29, 1.82) is 0 Å². The third-order valence-electron chi connectivity index (χ3n) is 5.76. The van der Waals surface area contributed by atoms with Gasteiger partial charge >= 0.3 is 0 Å². The first-order chi connectivity index (χ1) is 15.2. The van der Waals surface area contributed by atoms with Gasteiger partial charge in [-0.25, -0.2) is 9.97 Å². The minimum atomic E-state index is 0.257. The molecule has 0 saturated heterocycles. The zero-order valence-corrected chi connectivity index (χ0v) is 18.2. The molecule has 0 spiro atoms. The molecule has 158 valence electrons. The lowest BCUT2D eigenvalue weighted by atomic mass is 10.1. The first-order valence-electron chi connectivity index (χ1n) is 10.6. The molecule has 2 unspecified atom stereocenters. The van der Waals surface area contributed by atoms with Gasteiger partial charge in [-0.15, -0.1) is 11.3 Å². The molecule has 1 aromatic carbocycles. The zero-order valence-electron chi connectivity index (χ0n) is 17.4. The number of aliphatic hydroxyl groups is 1. The predicted molar refractivity (Wildman–Crippen MR) is 127 cm³/mol. The standard InChI is InChI=1S/C24H25N5OS/c1-15-10-18(8-9-25-15)28-23-12-21(27-17-7-6-16(11-17)14-30)19(13-26-23)24-29-20-4-2-3-5-22(20)31-24/h2-5,8-10,12-13,16-17,30H,6-7,11,14H2,1H3,(H2,25,26,27,28). The first-order valence-corrected chi connectivity index (χ1v) is 11.4. The number of para-hydroxylation sites is 1. The van der Waals surface area contributed by atoms with Gasteiger partial charge in [-0.05, 0) is 56.4 Å². The average Bonchev–Trinajstić information content (AvgIpc) is 3.40. The summed E-state index contributed by atoms with van der Waals surface area (Å²) in [6, 6.07) is 14.5. The van der Waals surface area contributed by atoms with E-state index in [0.717, 1.165) is 58.2 Å². The molecular formula is C24H25N5OS. The van der Waals surface area contributed by atoms with Gasteiger partial charge in [-0.2, -0.15) is 0 Å². The van der Waals surface area contributed by atoms with Crippen molar-refractivity contribution in [3.05, 3.63) is 60.6 Å². The maximum absolute atomic E-state index is 9.53. The summed E-state index contributed by atoms with van der Waals surface area (Å²) >= 11 is 1.68. The van der Waals surface area contributed by atoms with Crippen LogP contribution >= 0.6 is 11.3 Å². The third kappa shape index (κ3) is 4.38. The van der Waals surface area contributed by atoms with Gasteiger partial charge in [-0.3, -0.25) is 4.98 Å². The van der Waals surface area contributed by atoms with Crippen LogP contribution < -0.4 is 10.6 Å². The normalized spacial score (nSPS) is 18.4. The molecule has 3 N–H and O–H groups in total. The van der Waals surface area contributed by atoms with Gasteiger partial charge in [0.15, 0.2) is 0 Å². The van der Waals surface area contributed by atoms with Crippen molar-refractivity contribution in [3.63, 3.8) is 0 Å². The van der Waals surface area contributed by atoms with E-state index < -0.39 is 0 Å². The molecule has 1 aliphatic rings. The maximum Gasteiger partial charge on any atom is 0.132 e. The number of aromatic nitrogens is 3. The van der Waals surface area contributed by atoms with Crippen molar-refractivity contribution in [3.8, 4) is 10.6 Å². The molecule has 0 aliphatic heterocycles. The smallest absolute Gasteiger partial charge is 0.132 e. The van der Waals surface area contributed by atoms with Gasteiger partial charge in [0, 0.05) is 48.2 Å². The van der Waals surface area contributed by atoms with E-state index in [2.05, 4.69) is 32.7 Å². The van der Waals surface area contributed by atoms with Gasteiger partial charge in [0.05, 0.1) is 15.8 Å². The van der Waals surface area contributed by atoms with Crippen LogP contribution in [0.15, 0.2) is 54.9 Å². The van der Waals surface area contributed by atoms with Crippen LogP contribution in [-0.4, -0.2) is 32.7 Å². The van der Waals surface area contributed by atoms with E-state index in [4.69, 9.17) is 4.98 Å². The highest BCUT2D eigenvalue weighted by Gasteiger charge is 2.25. The molecule has 1 fully saturated rings. The average molecular weight is 432 g/mol. The number of nitrogens with one attached hydrogen (secondary N) is 2. The van der Waals surface area contributed by atoms with E-state index in [1.165, 1.54) is 4.70 Å². The fourth-order valence-electron chi connectivity index (χ4n) is 4.16. The van der Waals surface area contributed by atoms with Crippen molar-refractivity contribution in [1.82, 2.24) is 15.0 Å². The molecule has 1 aliphatic carbocycles. The first kappa shape index (κ1) is 19.9. The Morgan fingerprint density at radius 1 is 1.13 bits per heavy atom. The Bertz CT molecular complexity index is 1170. The highest BCUT2D eigenvalue weighted by molar-refractivity contribution is 7.21. The Morgan fingerprint density at radius 2 is 2.03 bits per heavy atom. The number of pyridine rings is 2. The van der Waals surface area contributed by atoms with E-state index in [1.54, 1.807) is 17.5 Å². The lowest BCUT2D eigenvalue weighted by Crippen LogP contribution is -2.17. The van der Waals surface area contributed by atoms with Crippen molar-refractivity contribution in [2.24, 2.45) is 5.92 Å². The van der Waals surface area contributed by atoms with Gasteiger partial charge in [-0.1, -0.05) is 12.1 Å². The number of nitrogens with zero attached hydrogens (tertiary/aromatic N) is 3. The summed E-state index contributed by atoms with van der Waals surface area (Å²) < 4.78 is 1.17. The number of benzene rings is 1. The minimum Gasteiger partial charge on any atom is -0.396 e. The Kier molecular flexibility index (Phi) is 5.53. The topological polar surface area (TPSA) is 83.0 Å². The second kappa shape index (κ2) is 8.61. The largest absolute Gasteiger partial charge is 0.396 e. The molecule has 4 aromatic rings. The van der Waals surface area contributed by atoms with E-state index in [1.807, 2.05) is 43.5 Å². The molecule has 7 heteroatoms. The van der Waals surface area contributed by atoms with E-state index >= 15 is 0 Å². The molecule has 0 bridgehead atoms. The second-order valence-corrected chi connectivity index (χ2v) is 9.15. The van der Waals surface area contributed by atoms with Crippen molar-refractivity contribution >= 4 is 38.7 Å². The van der Waals surface area contributed by atoms with Crippen LogP contribution in [0.3, 0.4) is 0 Å². The van der Waals surface area contributed by atoms with Crippen LogP contribution in [0.2, 0.25) is 0 Å². The SMILES string of the molecule is Cc1cc(Nc2cc(NC3CCC(CO)C3)c(-c3nc4ccccc4s3)cn2)ccn1. The number of thiazole rings is 1. The predicted octanol–water partition coefficient (Wildman–Crippen LogP) is 5.38.